The molecule has 0 saturated heterocycles. The Labute approximate surface area is 97.7 Å². The molecule has 18 heavy (non-hydrogen) atoms. The molecule has 0 aliphatic rings. The van der Waals surface area contributed by atoms with Gasteiger partial charge in [0.2, 0.25) is 0 Å². The summed E-state index contributed by atoms with van der Waals surface area (Å²) >= 11 is 0. The molecule has 1 amide bonds. The van der Waals surface area contributed by atoms with Crippen molar-refractivity contribution in [3.8, 4) is 0 Å². The first kappa shape index (κ1) is 13.9. The average Bonchev–Trinajstić information content (AvgIpc) is 2.25. The van der Waals surface area contributed by atoms with E-state index in [-0.39, 0.29) is 4.90 Å². The van der Waals surface area contributed by atoms with Gasteiger partial charge in [-0.1, -0.05) is 0 Å². The number of aromatic nitrogens is 1. The number of carboxylic acids is 1. The second-order valence-electron chi connectivity index (χ2n) is 3.12. The number of halogens is 4. The van der Waals surface area contributed by atoms with Crippen LogP contribution in [-0.2, 0) is 9.59 Å². The van der Waals surface area contributed by atoms with Gasteiger partial charge in [0.1, 0.15) is 18.2 Å². The molecule has 1 aromatic heterocycles. The molecule has 0 atom stereocenters. The van der Waals surface area contributed by atoms with Crippen molar-refractivity contribution >= 4 is 17.7 Å². The third-order valence-corrected chi connectivity index (χ3v) is 1.77. The first-order valence-corrected chi connectivity index (χ1v) is 4.44. The molecule has 0 aromatic carbocycles. The molecule has 0 fully saturated rings. The number of anilines is 1. The fourth-order valence-corrected chi connectivity index (χ4v) is 1.07. The predicted molar refractivity (Wildman–Crippen MR) is 50.2 cm³/mol. The van der Waals surface area contributed by atoms with Crippen LogP contribution in [0.5, 0.6) is 0 Å². The average molecular weight is 266 g/mol. The predicted octanol–water partition coefficient (Wildman–Crippen LogP) is 1.20. The Morgan fingerprint density at radius 3 is 2.33 bits per heavy atom. The lowest BCUT2D eigenvalue weighted by atomic mass is 10.3. The van der Waals surface area contributed by atoms with Crippen LogP contribution in [0.4, 0.5) is 23.4 Å². The molecule has 1 N–H and O–H groups in total. The lowest BCUT2D eigenvalue weighted by Crippen LogP contribution is -2.44. The lowest BCUT2D eigenvalue weighted by Gasteiger charge is -2.20. The smallest absolute Gasteiger partial charge is 0.471 e. The van der Waals surface area contributed by atoms with Gasteiger partial charge in [-0.05, 0) is 12.1 Å². The zero-order valence-electron chi connectivity index (χ0n) is 8.61. The summed E-state index contributed by atoms with van der Waals surface area (Å²) in [5.41, 5.74) is 0. The third-order valence-electron chi connectivity index (χ3n) is 1.77. The number of carbonyl (C=O) groups excluding carboxylic acids is 1. The largest absolute Gasteiger partial charge is 0.480 e. The number of amides is 1. The van der Waals surface area contributed by atoms with Crippen LogP contribution < -0.4 is 4.90 Å². The molecule has 9 heteroatoms. The Bertz CT molecular complexity index is 458. The molecule has 1 aromatic rings. The number of carboxylic acid groups (broad SMARTS) is 1. The van der Waals surface area contributed by atoms with Crippen molar-refractivity contribution in [1.29, 1.82) is 0 Å². The van der Waals surface area contributed by atoms with Crippen molar-refractivity contribution < 1.29 is 32.3 Å². The number of hydrogen-bond donors (Lipinski definition) is 1. The molecule has 1 rings (SSSR count). The van der Waals surface area contributed by atoms with E-state index in [2.05, 4.69) is 4.98 Å². The minimum Gasteiger partial charge on any atom is -0.480 e. The van der Waals surface area contributed by atoms with Gasteiger partial charge in [0, 0.05) is 0 Å². The normalized spacial score (nSPS) is 11.1. The van der Waals surface area contributed by atoms with Crippen LogP contribution in [0.3, 0.4) is 0 Å². The Balaban J connectivity index is 3.09. The van der Waals surface area contributed by atoms with Gasteiger partial charge in [0.15, 0.2) is 0 Å². The van der Waals surface area contributed by atoms with E-state index in [1.165, 1.54) is 0 Å². The van der Waals surface area contributed by atoms with E-state index >= 15 is 0 Å². The number of carbonyl (C=O) groups is 2. The van der Waals surface area contributed by atoms with Gasteiger partial charge < -0.3 is 5.11 Å². The van der Waals surface area contributed by atoms with E-state index in [0.717, 1.165) is 12.1 Å². The molecule has 0 bridgehead atoms. The van der Waals surface area contributed by atoms with Gasteiger partial charge in [0.25, 0.3) is 0 Å². The fraction of sp³-hybridized carbons (Fsp3) is 0.222. The molecule has 0 spiro atoms. The second-order valence-corrected chi connectivity index (χ2v) is 3.12. The molecular formula is C9H6F4N2O3. The Morgan fingerprint density at radius 2 is 1.94 bits per heavy atom. The SMILES string of the molecule is O=C(O)CN(C(=O)C(F)(F)F)c1ccc(F)cn1. The van der Waals surface area contributed by atoms with E-state index in [1.54, 1.807) is 0 Å². The van der Waals surface area contributed by atoms with Crippen molar-refractivity contribution in [2.45, 2.75) is 6.18 Å². The summed E-state index contributed by atoms with van der Waals surface area (Å²) in [6.07, 6.45) is -4.67. The molecule has 5 nitrogen and oxygen atoms in total. The van der Waals surface area contributed by atoms with Crippen molar-refractivity contribution in [2.75, 3.05) is 11.4 Å². The van der Waals surface area contributed by atoms with Crippen LogP contribution in [0, 0.1) is 5.82 Å². The molecule has 0 aliphatic heterocycles. The van der Waals surface area contributed by atoms with Gasteiger partial charge in [-0.2, -0.15) is 13.2 Å². The molecule has 0 unspecified atom stereocenters. The van der Waals surface area contributed by atoms with E-state index in [9.17, 15) is 27.2 Å². The monoisotopic (exact) mass is 266 g/mol. The maximum Gasteiger partial charge on any atom is 0.471 e. The van der Waals surface area contributed by atoms with Gasteiger partial charge in [0.05, 0.1) is 6.20 Å². The maximum atomic E-state index is 12.5. The summed E-state index contributed by atoms with van der Waals surface area (Å²) in [7, 11) is 0. The number of aliphatic carboxylic acids is 1. The highest BCUT2D eigenvalue weighted by atomic mass is 19.4. The number of rotatable bonds is 3. The highest BCUT2D eigenvalue weighted by molar-refractivity contribution is 5.99. The third kappa shape index (κ3) is 3.40. The number of pyridine rings is 1. The molecule has 98 valence electrons. The Kier molecular flexibility index (Phi) is 3.84. The molecular weight excluding hydrogens is 260 g/mol. The van der Waals surface area contributed by atoms with Crippen molar-refractivity contribution in [2.24, 2.45) is 0 Å². The van der Waals surface area contributed by atoms with Crippen LogP contribution in [0.2, 0.25) is 0 Å². The maximum absolute atomic E-state index is 12.5. The summed E-state index contributed by atoms with van der Waals surface area (Å²) in [4.78, 5) is 24.5. The van der Waals surface area contributed by atoms with Crippen LogP contribution in [0.15, 0.2) is 18.3 Å². The van der Waals surface area contributed by atoms with Crippen LogP contribution in [0.25, 0.3) is 0 Å². The topological polar surface area (TPSA) is 70.5 Å². The summed E-state index contributed by atoms with van der Waals surface area (Å²) < 4.78 is 49.2. The number of nitrogens with zero attached hydrogens (tertiary/aromatic N) is 2. The van der Waals surface area contributed by atoms with Crippen LogP contribution in [0.1, 0.15) is 0 Å². The Morgan fingerprint density at radius 1 is 1.33 bits per heavy atom. The number of hydrogen-bond acceptors (Lipinski definition) is 3. The van der Waals surface area contributed by atoms with E-state index in [0.29, 0.717) is 6.20 Å². The summed E-state index contributed by atoms with van der Waals surface area (Å²) in [6.45, 7) is -1.23. The summed E-state index contributed by atoms with van der Waals surface area (Å²) in [5, 5.41) is 8.45. The molecule has 0 radical (unpaired) electrons. The molecule has 0 aliphatic carbocycles. The van der Waals surface area contributed by atoms with E-state index in [4.69, 9.17) is 5.11 Å². The lowest BCUT2D eigenvalue weighted by molar-refractivity contribution is -0.171. The highest BCUT2D eigenvalue weighted by Crippen LogP contribution is 2.22. The molecule has 1 heterocycles. The van der Waals surface area contributed by atoms with E-state index in [1.807, 2.05) is 0 Å². The zero-order valence-corrected chi connectivity index (χ0v) is 8.61. The van der Waals surface area contributed by atoms with Gasteiger partial charge in [-0.25, -0.2) is 9.37 Å². The quantitative estimate of drug-likeness (QED) is 0.834. The second kappa shape index (κ2) is 4.98. The number of alkyl halides is 3. The Hall–Kier alpha value is -2.19. The zero-order chi connectivity index (χ0) is 13.9. The van der Waals surface area contributed by atoms with Gasteiger partial charge in [-0.3, -0.25) is 14.5 Å². The van der Waals surface area contributed by atoms with Crippen LogP contribution in [-0.4, -0.2) is 34.7 Å². The van der Waals surface area contributed by atoms with Gasteiger partial charge >= 0.3 is 18.1 Å². The standard InChI is InChI=1S/C9H6F4N2O3/c10-5-1-2-6(14-3-5)15(4-7(16)17)8(18)9(11,12)13/h1-3H,4H2,(H,16,17). The van der Waals surface area contributed by atoms with Crippen molar-refractivity contribution in [3.63, 3.8) is 0 Å². The van der Waals surface area contributed by atoms with Gasteiger partial charge in [-0.15, -0.1) is 0 Å². The van der Waals surface area contributed by atoms with Crippen LogP contribution >= 0.6 is 0 Å². The fourth-order valence-electron chi connectivity index (χ4n) is 1.07. The summed E-state index contributed by atoms with van der Waals surface area (Å²) in [6, 6.07) is 1.54. The summed E-state index contributed by atoms with van der Waals surface area (Å²) in [5.74, 6) is -5.46. The minimum absolute atomic E-state index is 0.0955. The van der Waals surface area contributed by atoms with Crippen molar-refractivity contribution in [3.05, 3.63) is 24.1 Å². The minimum atomic E-state index is -5.24. The highest BCUT2D eigenvalue weighted by Gasteiger charge is 2.44. The van der Waals surface area contributed by atoms with E-state index < -0.39 is 36.2 Å². The first-order chi connectivity index (χ1) is 8.21. The van der Waals surface area contributed by atoms with Crippen molar-refractivity contribution in [1.82, 2.24) is 4.98 Å². The molecule has 0 saturated carbocycles. The first-order valence-electron chi connectivity index (χ1n) is 4.44.